The Morgan fingerprint density at radius 1 is 1.56 bits per heavy atom. The summed E-state index contributed by atoms with van der Waals surface area (Å²) in [6, 6.07) is 0. The van der Waals surface area contributed by atoms with Gasteiger partial charge in [0.2, 0.25) is 0 Å². The third kappa shape index (κ3) is 6.61. The van der Waals surface area contributed by atoms with Crippen LogP contribution in [0.5, 0.6) is 0 Å². The fourth-order valence-electron chi connectivity index (χ4n) is 0.495. The number of allylic oxidation sites excluding steroid dienone is 2. The van der Waals surface area contributed by atoms with Crippen molar-refractivity contribution in [3.05, 3.63) is 19.1 Å². The summed E-state index contributed by atoms with van der Waals surface area (Å²) in [4.78, 5) is 0. The first kappa shape index (κ1) is 10.6. The van der Waals surface area contributed by atoms with Gasteiger partial charge in [-0.3, -0.25) is 0 Å². The van der Waals surface area contributed by atoms with Gasteiger partial charge in [0, 0.05) is 0 Å². The molecule has 1 heteroatoms. The zero-order chi connectivity index (χ0) is 6.41. The molecule has 0 nitrogen and oxygen atoms in total. The van der Waals surface area contributed by atoms with Gasteiger partial charge in [-0.05, 0) is 0 Å². The molecule has 0 rings (SSSR count). The summed E-state index contributed by atoms with van der Waals surface area (Å²) in [6.07, 6.45) is 6.44. The van der Waals surface area contributed by atoms with E-state index in [0.29, 0.717) is 0 Å². The molecule has 0 heterocycles. The topological polar surface area (TPSA) is 0 Å². The van der Waals surface area contributed by atoms with E-state index in [0.717, 1.165) is 5.92 Å². The minimum absolute atomic E-state index is 0. The van der Waals surface area contributed by atoms with Crippen LogP contribution in [0.2, 0.25) is 0 Å². The molecule has 50 valence electrons. The second-order valence-corrected chi connectivity index (χ2v) is 2.22. The van der Waals surface area contributed by atoms with E-state index in [4.69, 9.17) is 0 Å². The van der Waals surface area contributed by atoms with E-state index in [1.807, 2.05) is 6.08 Å². The van der Waals surface area contributed by atoms with Gasteiger partial charge in [-0.2, -0.15) is 0 Å². The van der Waals surface area contributed by atoms with Gasteiger partial charge in [0.25, 0.3) is 0 Å². The largest absolute Gasteiger partial charge is 0.245 e. The van der Waals surface area contributed by atoms with E-state index in [1.165, 1.54) is 12.8 Å². The predicted octanol–water partition coefficient (Wildman–Crippen LogP) is 2.81. The quantitative estimate of drug-likeness (QED) is 0.663. The molecule has 0 fully saturated rings. The Kier molecular flexibility index (Phi) is 7.76. The fraction of sp³-hybridized carbons (Fsp3) is 0.625. The van der Waals surface area contributed by atoms with E-state index in [-0.39, 0.29) is 0 Å². The van der Waals surface area contributed by atoms with Crippen molar-refractivity contribution in [1.82, 2.24) is 0 Å². The molecule has 1 unspecified atom stereocenters. The summed E-state index contributed by atoms with van der Waals surface area (Å²) >= 11 is 0. The summed E-state index contributed by atoms with van der Waals surface area (Å²) in [5.41, 5.74) is 0. The number of hydrogen-bond donors (Lipinski definition) is 0. The monoisotopic (exact) mass is 378 g/mol. The first-order valence-corrected chi connectivity index (χ1v) is 3.25. The van der Waals surface area contributed by atoms with Crippen LogP contribution in [0.15, 0.2) is 12.2 Å². The average Bonchev–Trinajstić information content (AvgIpc) is 1.83. The molecule has 0 aliphatic rings. The molecule has 0 amide bonds. The maximum Gasteiger partial charge on any atom is 0 e. The summed E-state index contributed by atoms with van der Waals surface area (Å²) in [6.45, 7) is 8.07. The van der Waals surface area contributed by atoms with Crippen molar-refractivity contribution in [3.63, 3.8) is 0 Å². The van der Waals surface area contributed by atoms with E-state index in [9.17, 15) is 0 Å². The fourth-order valence-corrected chi connectivity index (χ4v) is 0.495. The third-order valence-corrected chi connectivity index (χ3v) is 1.40. The molecule has 0 aromatic heterocycles. The zero-order valence-electron chi connectivity index (χ0n) is 6.56. The Morgan fingerprint density at radius 3 is 2.44 bits per heavy atom. The van der Waals surface area contributed by atoms with Crippen molar-refractivity contribution in [2.45, 2.75) is 26.7 Å². The van der Waals surface area contributed by atoms with Crippen LogP contribution >= 0.6 is 0 Å². The van der Waals surface area contributed by atoms with E-state index in [1.54, 1.807) is 0 Å². The van der Waals surface area contributed by atoms with E-state index < -0.39 is 0 Å². The molecule has 0 aliphatic heterocycles. The molecule has 0 spiro atoms. The molecule has 0 aromatic carbocycles. The van der Waals surface area contributed by atoms with Gasteiger partial charge < -0.3 is 0 Å². The second kappa shape index (κ2) is 6.61. The smallest absolute Gasteiger partial charge is 0 e. The second-order valence-electron chi connectivity index (χ2n) is 2.22. The van der Waals surface area contributed by atoms with Crippen LogP contribution in [0, 0.1) is 12.8 Å². The van der Waals surface area contributed by atoms with Crippen molar-refractivity contribution in [2.75, 3.05) is 0 Å². The number of rotatable bonds is 3. The molecule has 0 radical (unpaired) electrons. The van der Waals surface area contributed by atoms with Gasteiger partial charge in [0.1, 0.15) is 0 Å². The summed E-state index contributed by atoms with van der Waals surface area (Å²) in [7, 11) is 0. The predicted molar refractivity (Wildman–Crippen MR) is 38.6 cm³/mol. The van der Waals surface area contributed by atoms with Crippen LogP contribution < -0.4 is 0 Å². The summed E-state index contributed by atoms with van der Waals surface area (Å²) in [5.74, 6) is 0.827. The van der Waals surface area contributed by atoms with Gasteiger partial charge in [0.15, 0.2) is 0 Å². The molecule has 0 aliphatic carbocycles. The SMILES string of the molecule is [CH2-]C=CCC(C)CC.[Rf]. The number of hydrogen-bond acceptors (Lipinski definition) is 0. The molecular formula is C8H15Rf-. The Balaban J connectivity index is 0. The molecule has 0 bridgehead atoms. The Bertz CT molecular complexity index is 67.0. The molecule has 9 heavy (non-hydrogen) atoms. The summed E-state index contributed by atoms with van der Waals surface area (Å²) < 4.78 is 0. The van der Waals surface area contributed by atoms with Crippen LogP contribution in [-0.2, 0) is 0 Å². The normalized spacial score (nSPS) is 13.1. The van der Waals surface area contributed by atoms with Crippen molar-refractivity contribution in [1.29, 1.82) is 0 Å². The minimum atomic E-state index is 0. The first-order chi connectivity index (χ1) is 3.81. The van der Waals surface area contributed by atoms with Crippen LogP contribution in [0.25, 0.3) is 0 Å². The molecule has 1 atom stereocenters. The van der Waals surface area contributed by atoms with Crippen LogP contribution in [-0.4, -0.2) is 0 Å². The van der Waals surface area contributed by atoms with Crippen molar-refractivity contribution in [3.8, 4) is 0 Å². The van der Waals surface area contributed by atoms with Gasteiger partial charge in [-0.1, -0.05) is 32.6 Å². The molecule has 0 aromatic rings. The van der Waals surface area contributed by atoms with Crippen molar-refractivity contribution in [2.24, 2.45) is 5.92 Å². The first-order valence-electron chi connectivity index (χ1n) is 3.25. The van der Waals surface area contributed by atoms with Gasteiger partial charge in [0.05, 0.1) is 0 Å². The maximum atomic E-state index is 3.61. The standard InChI is InChI=1S/C8H15.Rf/c1-4-6-7-8(3)5-2;/h4,6,8H,1,5,7H2,2-3H3;/q-1;. The molecule has 0 saturated heterocycles. The van der Waals surface area contributed by atoms with Crippen LogP contribution in [0.1, 0.15) is 26.7 Å². The Hall–Kier alpha value is -1.39. The molecular weight excluding hydrogens is 363 g/mol. The average molecular weight is 378 g/mol. The van der Waals surface area contributed by atoms with Crippen LogP contribution in [0.4, 0.5) is 0 Å². The van der Waals surface area contributed by atoms with Crippen LogP contribution in [0.3, 0.4) is 0 Å². The minimum Gasteiger partial charge on any atom is -0.245 e. The Labute approximate surface area is 52.6 Å². The van der Waals surface area contributed by atoms with Crippen molar-refractivity contribution >= 4 is 0 Å². The maximum absolute atomic E-state index is 3.61. The van der Waals surface area contributed by atoms with E-state index in [2.05, 4.69) is 26.8 Å². The summed E-state index contributed by atoms with van der Waals surface area (Å²) in [5, 5.41) is 0. The van der Waals surface area contributed by atoms with Gasteiger partial charge in [-0.15, -0.1) is 0 Å². The van der Waals surface area contributed by atoms with Crippen molar-refractivity contribution < 1.29 is 0 Å². The molecule has 0 saturated carbocycles. The third-order valence-electron chi connectivity index (χ3n) is 1.40. The van der Waals surface area contributed by atoms with Gasteiger partial charge in [-0.25, -0.2) is 19.1 Å². The Morgan fingerprint density at radius 2 is 2.11 bits per heavy atom. The molecule has 0 N–H and O–H groups in total. The van der Waals surface area contributed by atoms with Gasteiger partial charge >= 0.3 is 0 Å². The zero-order valence-corrected chi connectivity index (χ0v) is 13.0. The van der Waals surface area contributed by atoms with E-state index >= 15 is 0 Å².